The summed E-state index contributed by atoms with van der Waals surface area (Å²) in [5.74, 6) is 0. The summed E-state index contributed by atoms with van der Waals surface area (Å²) < 4.78 is 26.0. The number of sulfone groups is 1. The summed E-state index contributed by atoms with van der Waals surface area (Å²) in [5, 5.41) is 4.05. The molecule has 0 aliphatic carbocycles. The molecule has 0 radical (unpaired) electrons. The lowest BCUT2D eigenvalue weighted by molar-refractivity contribution is 0.529. The third kappa shape index (κ3) is 4.53. The van der Waals surface area contributed by atoms with Gasteiger partial charge in [0.25, 0.3) is 0 Å². The molecule has 1 saturated heterocycles. The van der Waals surface area contributed by atoms with Crippen LogP contribution in [0.15, 0.2) is 58.8 Å². The Morgan fingerprint density at radius 2 is 1.72 bits per heavy atom. The number of aromatic nitrogens is 1. The zero-order valence-corrected chi connectivity index (χ0v) is 19.6. The maximum atomic E-state index is 13.0. The summed E-state index contributed by atoms with van der Waals surface area (Å²) >= 11 is 10.9. The van der Waals surface area contributed by atoms with E-state index in [1.165, 1.54) is 0 Å². The molecule has 0 unspecified atom stereocenters. The zero-order valence-electron chi connectivity index (χ0n) is 15.6. The van der Waals surface area contributed by atoms with Gasteiger partial charge in [-0.05, 0) is 42.7 Å². The van der Waals surface area contributed by atoms with Gasteiger partial charge in [0.15, 0.2) is 15.0 Å². The number of hydrogen-bond donors (Lipinski definition) is 0. The van der Waals surface area contributed by atoms with Crippen molar-refractivity contribution in [3.05, 3.63) is 64.5 Å². The summed E-state index contributed by atoms with van der Waals surface area (Å²) in [6.45, 7) is 1.38. The van der Waals surface area contributed by atoms with Crippen LogP contribution in [-0.4, -0.2) is 31.7 Å². The van der Waals surface area contributed by atoms with Crippen LogP contribution in [-0.2, 0) is 15.2 Å². The predicted molar refractivity (Wildman–Crippen MR) is 124 cm³/mol. The minimum Gasteiger partial charge on any atom is -0.348 e. The number of halogens is 2. The first kappa shape index (κ1) is 20.8. The summed E-state index contributed by atoms with van der Waals surface area (Å²) in [5.41, 5.74) is 3.02. The second kappa shape index (κ2) is 8.76. The van der Waals surface area contributed by atoms with E-state index in [9.17, 15) is 8.42 Å². The highest BCUT2D eigenvalue weighted by Gasteiger charge is 2.32. The fourth-order valence-corrected chi connectivity index (χ4v) is 6.60. The fourth-order valence-electron chi connectivity index (χ4n) is 3.48. The highest BCUT2D eigenvalue weighted by molar-refractivity contribution is 9.08. The summed E-state index contributed by atoms with van der Waals surface area (Å²) in [6, 6.07) is 14.8. The van der Waals surface area contributed by atoms with E-state index >= 15 is 0 Å². The molecule has 1 aliphatic rings. The molecule has 0 atom stereocenters. The van der Waals surface area contributed by atoms with Gasteiger partial charge < -0.3 is 4.90 Å². The quantitative estimate of drug-likeness (QED) is 0.406. The van der Waals surface area contributed by atoms with Crippen molar-refractivity contribution >= 4 is 53.8 Å². The molecule has 1 aliphatic heterocycles. The van der Waals surface area contributed by atoms with Gasteiger partial charge in [0.05, 0.1) is 15.8 Å². The van der Waals surface area contributed by atoms with Crippen LogP contribution in [0.5, 0.6) is 0 Å². The molecular weight excluding hydrogens is 492 g/mol. The maximum Gasteiger partial charge on any atom is 0.185 e. The number of alkyl halides is 1. The smallest absolute Gasteiger partial charge is 0.185 e. The van der Waals surface area contributed by atoms with Crippen LogP contribution in [0.3, 0.4) is 0 Å². The molecule has 0 N–H and O–H groups in total. The van der Waals surface area contributed by atoms with Gasteiger partial charge in [-0.3, -0.25) is 0 Å². The first-order valence-electron chi connectivity index (χ1n) is 9.32. The van der Waals surface area contributed by atoms with E-state index in [1.54, 1.807) is 23.5 Å². The molecule has 0 amide bonds. The van der Waals surface area contributed by atoms with Gasteiger partial charge >= 0.3 is 0 Å². The molecule has 8 heteroatoms. The summed E-state index contributed by atoms with van der Waals surface area (Å²) in [4.78, 5) is 7.35. The van der Waals surface area contributed by atoms with Gasteiger partial charge in [-0.1, -0.05) is 51.8 Å². The van der Waals surface area contributed by atoms with Crippen molar-refractivity contribution in [2.45, 2.75) is 28.3 Å². The average molecular weight is 512 g/mol. The van der Waals surface area contributed by atoms with Gasteiger partial charge in [-0.25, -0.2) is 13.4 Å². The van der Waals surface area contributed by atoms with Crippen LogP contribution in [0.4, 0.5) is 5.13 Å². The first-order chi connectivity index (χ1) is 14.0. The van der Waals surface area contributed by atoms with Crippen molar-refractivity contribution in [2.24, 2.45) is 0 Å². The summed E-state index contributed by atoms with van der Waals surface area (Å²) in [6.07, 6.45) is 1.22. The van der Waals surface area contributed by atoms with Gasteiger partial charge in [-0.2, -0.15) is 0 Å². The largest absolute Gasteiger partial charge is 0.348 e. The molecule has 2 heterocycles. The standard InChI is InChI=1S/C21H20BrClN2O2S2/c22-13-15-1-7-18(8-2-15)29(26,27)19-9-11-25(12-10-19)21-24-20(14-28-21)16-3-5-17(23)6-4-16/h1-8,14,19H,9-13H2. The number of nitrogens with zero attached hydrogens (tertiary/aromatic N) is 2. The second-order valence-electron chi connectivity index (χ2n) is 7.03. The maximum absolute atomic E-state index is 13.0. The number of hydrogen-bond acceptors (Lipinski definition) is 5. The van der Waals surface area contributed by atoms with E-state index in [1.807, 2.05) is 41.8 Å². The van der Waals surface area contributed by atoms with Crippen molar-refractivity contribution in [3.8, 4) is 11.3 Å². The molecule has 1 aromatic heterocycles. The van der Waals surface area contributed by atoms with Gasteiger partial charge in [0.2, 0.25) is 0 Å². The first-order valence-corrected chi connectivity index (χ1v) is 13.2. The lowest BCUT2D eigenvalue weighted by atomic mass is 10.1. The second-order valence-corrected chi connectivity index (χ2v) is 11.1. The molecule has 1 fully saturated rings. The van der Waals surface area contributed by atoms with E-state index in [-0.39, 0.29) is 5.25 Å². The molecular formula is C21H20BrClN2O2S2. The Morgan fingerprint density at radius 3 is 2.34 bits per heavy atom. The molecule has 152 valence electrons. The number of rotatable bonds is 5. The Bertz CT molecular complexity index is 1070. The Kier molecular flexibility index (Phi) is 6.30. The van der Waals surface area contributed by atoms with Crippen molar-refractivity contribution in [1.29, 1.82) is 0 Å². The lowest BCUT2D eigenvalue weighted by Crippen LogP contribution is -2.39. The fraction of sp³-hybridized carbons (Fsp3) is 0.286. The average Bonchev–Trinajstić information content (AvgIpc) is 3.24. The van der Waals surface area contributed by atoms with E-state index in [0.717, 1.165) is 27.3 Å². The third-order valence-corrected chi connectivity index (χ3v) is 9.27. The molecule has 3 aromatic rings. The van der Waals surface area contributed by atoms with Crippen molar-refractivity contribution in [3.63, 3.8) is 0 Å². The number of anilines is 1. The predicted octanol–water partition coefficient (Wildman–Crippen LogP) is 5.80. The zero-order chi connectivity index (χ0) is 20.4. The van der Waals surface area contributed by atoms with Crippen LogP contribution < -0.4 is 4.90 Å². The van der Waals surface area contributed by atoms with Crippen LogP contribution in [0.1, 0.15) is 18.4 Å². The molecule has 29 heavy (non-hydrogen) atoms. The topological polar surface area (TPSA) is 50.3 Å². The monoisotopic (exact) mass is 510 g/mol. The van der Waals surface area contributed by atoms with Crippen molar-refractivity contribution in [2.75, 3.05) is 18.0 Å². The molecule has 2 aromatic carbocycles. The Balaban J connectivity index is 1.43. The van der Waals surface area contributed by atoms with Gasteiger partial charge in [0, 0.05) is 34.4 Å². The van der Waals surface area contributed by atoms with Gasteiger partial charge in [0.1, 0.15) is 0 Å². The normalized spacial score (nSPS) is 15.6. The highest BCUT2D eigenvalue weighted by Crippen LogP contribution is 2.32. The SMILES string of the molecule is O=S(=O)(c1ccc(CBr)cc1)C1CCN(c2nc(-c3ccc(Cl)cc3)cs2)CC1. The van der Waals surface area contributed by atoms with Crippen LogP contribution in [0.2, 0.25) is 5.02 Å². The van der Waals surface area contributed by atoms with Crippen molar-refractivity contribution in [1.82, 2.24) is 4.98 Å². The number of piperidine rings is 1. The van der Waals surface area contributed by atoms with E-state index in [4.69, 9.17) is 16.6 Å². The van der Waals surface area contributed by atoms with Crippen molar-refractivity contribution < 1.29 is 8.42 Å². The molecule has 4 nitrogen and oxygen atoms in total. The Labute approximate surface area is 188 Å². The number of thiazole rings is 1. The number of benzene rings is 2. The van der Waals surface area contributed by atoms with Crippen LogP contribution in [0.25, 0.3) is 11.3 Å². The molecule has 0 bridgehead atoms. The Morgan fingerprint density at radius 1 is 1.07 bits per heavy atom. The molecule has 0 spiro atoms. The van der Waals surface area contributed by atoms with Crippen LogP contribution in [0, 0.1) is 0 Å². The highest BCUT2D eigenvalue weighted by atomic mass is 79.9. The van der Waals surface area contributed by atoms with Gasteiger partial charge in [-0.15, -0.1) is 11.3 Å². The third-order valence-electron chi connectivity index (χ3n) is 5.19. The lowest BCUT2D eigenvalue weighted by Gasteiger charge is -2.31. The van der Waals surface area contributed by atoms with E-state index in [0.29, 0.717) is 35.8 Å². The molecule has 0 saturated carbocycles. The summed E-state index contributed by atoms with van der Waals surface area (Å²) in [7, 11) is -3.31. The van der Waals surface area contributed by atoms with E-state index in [2.05, 4.69) is 20.8 Å². The van der Waals surface area contributed by atoms with E-state index < -0.39 is 9.84 Å². The minimum absolute atomic E-state index is 0.343. The van der Waals surface area contributed by atoms with Crippen LogP contribution >= 0.6 is 38.9 Å². The Hall–Kier alpha value is -1.41. The minimum atomic E-state index is -3.31. The molecule has 4 rings (SSSR count).